The first-order valence-corrected chi connectivity index (χ1v) is 12.6. The number of hydrogen-bond donors (Lipinski definition) is 2. The van der Waals surface area contributed by atoms with E-state index in [9.17, 15) is 13.2 Å². The van der Waals surface area contributed by atoms with Crippen molar-refractivity contribution in [3.8, 4) is 0 Å². The summed E-state index contributed by atoms with van der Waals surface area (Å²) >= 11 is 0. The molecule has 2 heterocycles. The Morgan fingerprint density at radius 2 is 1.91 bits per heavy atom. The maximum absolute atomic E-state index is 13.2. The number of fused-ring (bicyclic) bond motifs is 1. The van der Waals surface area contributed by atoms with E-state index in [0.717, 1.165) is 42.8 Å². The summed E-state index contributed by atoms with van der Waals surface area (Å²) in [6.45, 7) is 3.08. The Morgan fingerprint density at radius 1 is 1.06 bits per heavy atom. The number of amides is 1. The molecule has 0 spiro atoms. The SMILES string of the molecule is O=C(c1cccc(S(=O)(=O)NCC2CC2)c1)N1CCCN(c2nc3ccccc3[nH]2)CC1. The molecule has 1 saturated carbocycles. The molecule has 168 valence electrons. The highest BCUT2D eigenvalue weighted by Gasteiger charge is 2.26. The fourth-order valence-electron chi connectivity index (χ4n) is 4.03. The molecule has 0 radical (unpaired) electrons. The van der Waals surface area contributed by atoms with Gasteiger partial charge in [-0.15, -0.1) is 0 Å². The number of carbonyl (C=O) groups excluding carboxylic acids is 1. The van der Waals surface area contributed by atoms with Crippen LogP contribution in [-0.4, -0.2) is 61.9 Å². The monoisotopic (exact) mass is 453 g/mol. The predicted molar refractivity (Wildman–Crippen MR) is 123 cm³/mol. The molecule has 5 rings (SSSR count). The fraction of sp³-hybridized carbons (Fsp3) is 0.391. The average Bonchev–Trinajstić information content (AvgIpc) is 3.59. The normalized spacial score (nSPS) is 17.5. The lowest BCUT2D eigenvalue weighted by Gasteiger charge is -2.22. The summed E-state index contributed by atoms with van der Waals surface area (Å²) in [4.78, 5) is 25.3. The Morgan fingerprint density at radius 3 is 2.72 bits per heavy atom. The van der Waals surface area contributed by atoms with Gasteiger partial charge in [0.15, 0.2) is 0 Å². The number of benzene rings is 2. The third kappa shape index (κ3) is 4.49. The number of sulfonamides is 1. The van der Waals surface area contributed by atoms with Gasteiger partial charge in [-0.05, 0) is 55.5 Å². The zero-order valence-corrected chi connectivity index (χ0v) is 18.6. The van der Waals surface area contributed by atoms with Crippen molar-refractivity contribution in [1.82, 2.24) is 19.6 Å². The number of imidazole rings is 1. The van der Waals surface area contributed by atoms with Crippen LogP contribution in [0.1, 0.15) is 29.6 Å². The van der Waals surface area contributed by atoms with Crippen LogP contribution in [0, 0.1) is 5.92 Å². The van der Waals surface area contributed by atoms with Crippen molar-refractivity contribution in [1.29, 1.82) is 0 Å². The first kappa shape index (κ1) is 21.0. The van der Waals surface area contributed by atoms with Gasteiger partial charge in [-0.3, -0.25) is 4.79 Å². The molecule has 0 bridgehead atoms. The second-order valence-corrected chi connectivity index (χ2v) is 10.3. The number of para-hydroxylation sites is 2. The molecule has 8 nitrogen and oxygen atoms in total. The first-order chi connectivity index (χ1) is 15.5. The van der Waals surface area contributed by atoms with Crippen LogP contribution < -0.4 is 9.62 Å². The molecule has 1 aliphatic carbocycles. The zero-order valence-electron chi connectivity index (χ0n) is 17.8. The summed E-state index contributed by atoms with van der Waals surface area (Å²) in [5.74, 6) is 1.12. The van der Waals surface area contributed by atoms with Gasteiger partial charge in [0, 0.05) is 38.3 Å². The number of aromatic nitrogens is 2. The van der Waals surface area contributed by atoms with Gasteiger partial charge in [0.25, 0.3) is 5.91 Å². The van der Waals surface area contributed by atoms with Gasteiger partial charge < -0.3 is 14.8 Å². The summed E-state index contributed by atoms with van der Waals surface area (Å²) in [6, 6.07) is 14.3. The average molecular weight is 454 g/mol. The number of aromatic amines is 1. The van der Waals surface area contributed by atoms with Crippen LogP contribution in [-0.2, 0) is 10.0 Å². The van der Waals surface area contributed by atoms with Gasteiger partial charge >= 0.3 is 0 Å². The highest BCUT2D eigenvalue weighted by Crippen LogP contribution is 2.28. The molecule has 1 aromatic heterocycles. The number of nitrogens with one attached hydrogen (secondary N) is 2. The number of nitrogens with zero attached hydrogens (tertiary/aromatic N) is 3. The van der Waals surface area contributed by atoms with Gasteiger partial charge in [0.1, 0.15) is 0 Å². The number of anilines is 1. The van der Waals surface area contributed by atoms with E-state index < -0.39 is 10.0 Å². The molecule has 2 N–H and O–H groups in total. The maximum atomic E-state index is 13.2. The van der Waals surface area contributed by atoms with Crippen molar-refractivity contribution < 1.29 is 13.2 Å². The van der Waals surface area contributed by atoms with Crippen LogP contribution in [0.15, 0.2) is 53.4 Å². The Hall–Kier alpha value is -2.91. The Bertz CT molecular complexity index is 1200. The molecule has 0 unspecified atom stereocenters. The highest BCUT2D eigenvalue weighted by molar-refractivity contribution is 7.89. The zero-order chi connectivity index (χ0) is 22.1. The molecule has 2 aliphatic rings. The van der Waals surface area contributed by atoms with E-state index in [1.807, 2.05) is 24.3 Å². The largest absolute Gasteiger partial charge is 0.341 e. The van der Waals surface area contributed by atoms with Crippen LogP contribution in [0.25, 0.3) is 11.0 Å². The summed E-state index contributed by atoms with van der Waals surface area (Å²) in [7, 11) is -3.61. The van der Waals surface area contributed by atoms with E-state index in [0.29, 0.717) is 37.7 Å². The predicted octanol–water partition coefficient (Wildman–Crippen LogP) is 2.60. The Balaban J connectivity index is 1.27. The Labute approximate surface area is 187 Å². The van der Waals surface area contributed by atoms with E-state index in [1.165, 1.54) is 12.1 Å². The fourth-order valence-corrected chi connectivity index (χ4v) is 5.19. The molecular weight excluding hydrogens is 426 g/mol. The third-order valence-electron chi connectivity index (χ3n) is 6.11. The minimum absolute atomic E-state index is 0.141. The second kappa shape index (κ2) is 8.55. The molecule has 2 fully saturated rings. The van der Waals surface area contributed by atoms with Crippen LogP contribution in [0.2, 0.25) is 0 Å². The van der Waals surface area contributed by atoms with Gasteiger partial charge in [0.2, 0.25) is 16.0 Å². The molecule has 3 aromatic rings. The molecule has 0 atom stereocenters. The molecule has 2 aromatic carbocycles. The van der Waals surface area contributed by atoms with Crippen LogP contribution >= 0.6 is 0 Å². The topological polar surface area (TPSA) is 98.4 Å². The van der Waals surface area contributed by atoms with Crippen molar-refractivity contribution in [2.75, 3.05) is 37.6 Å². The minimum Gasteiger partial charge on any atom is -0.341 e. The number of rotatable bonds is 6. The van der Waals surface area contributed by atoms with Crippen molar-refractivity contribution in [2.45, 2.75) is 24.2 Å². The van der Waals surface area contributed by atoms with Crippen molar-refractivity contribution >= 4 is 32.9 Å². The third-order valence-corrected chi connectivity index (χ3v) is 7.53. The molecule has 9 heteroatoms. The summed E-state index contributed by atoms with van der Waals surface area (Å²) in [5, 5.41) is 0. The lowest BCUT2D eigenvalue weighted by molar-refractivity contribution is 0.0766. The Kier molecular flexibility index (Phi) is 5.60. The van der Waals surface area contributed by atoms with Crippen LogP contribution in [0.5, 0.6) is 0 Å². The van der Waals surface area contributed by atoms with Crippen molar-refractivity contribution in [3.05, 3.63) is 54.1 Å². The molecule has 1 amide bonds. The van der Waals surface area contributed by atoms with E-state index in [2.05, 4.69) is 19.6 Å². The lowest BCUT2D eigenvalue weighted by Crippen LogP contribution is -2.35. The number of H-pyrrole nitrogens is 1. The van der Waals surface area contributed by atoms with E-state index in [1.54, 1.807) is 17.0 Å². The molecule has 1 aliphatic heterocycles. The standard InChI is InChI=1S/C23H27N5O3S/c29-22(18-5-3-6-19(15-18)32(30,31)24-16-17-9-10-17)27-11-4-12-28(14-13-27)23-25-20-7-1-2-8-21(20)26-23/h1-3,5-8,15,17,24H,4,9-14,16H2,(H,25,26). The van der Waals surface area contributed by atoms with E-state index in [4.69, 9.17) is 0 Å². The number of hydrogen-bond acceptors (Lipinski definition) is 5. The quantitative estimate of drug-likeness (QED) is 0.598. The second-order valence-electron chi connectivity index (χ2n) is 8.53. The highest BCUT2D eigenvalue weighted by atomic mass is 32.2. The van der Waals surface area contributed by atoms with E-state index >= 15 is 0 Å². The van der Waals surface area contributed by atoms with Crippen LogP contribution in [0.4, 0.5) is 5.95 Å². The summed E-state index contributed by atoms with van der Waals surface area (Å²) in [6.07, 6.45) is 2.95. The van der Waals surface area contributed by atoms with Crippen LogP contribution in [0.3, 0.4) is 0 Å². The van der Waals surface area contributed by atoms with Crippen molar-refractivity contribution in [2.24, 2.45) is 5.92 Å². The molecular formula is C23H27N5O3S. The smallest absolute Gasteiger partial charge is 0.253 e. The van der Waals surface area contributed by atoms with Gasteiger partial charge in [-0.1, -0.05) is 18.2 Å². The van der Waals surface area contributed by atoms with Crippen molar-refractivity contribution in [3.63, 3.8) is 0 Å². The first-order valence-electron chi connectivity index (χ1n) is 11.1. The van der Waals surface area contributed by atoms with Gasteiger partial charge in [-0.2, -0.15) is 0 Å². The molecule has 32 heavy (non-hydrogen) atoms. The molecule has 1 saturated heterocycles. The lowest BCUT2D eigenvalue weighted by atomic mass is 10.2. The number of carbonyl (C=O) groups is 1. The summed E-state index contributed by atoms with van der Waals surface area (Å²) < 4.78 is 27.8. The van der Waals surface area contributed by atoms with Gasteiger partial charge in [-0.25, -0.2) is 18.1 Å². The summed E-state index contributed by atoms with van der Waals surface area (Å²) in [5.41, 5.74) is 2.32. The van der Waals surface area contributed by atoms with Gasteiger partial charge in [0.05, 0.1) is 15.9 Å². The maximum Gasteiger partial charge on any atom is 0.253 e. The van der Waals surface area contributed by atoms with E-state index in [-0.39, 0.29) is 10.8 Å². The minimum atomic E-state index is -3.61.